The average molecular weight is 262 g/mol. The molecular formula is C16H26N2O. The predicted octanol–water partition coefficient (Wildman–Crippen LogP) is 2.79. The minimum atomic E-state index is 0.162. The van der Waals surface area contributed by atoms with Gasteiger partial charge in [0.15, 0.2) is 0 Å². The summed E-state index contributed by atoms with van der Waals surface area (Å²) in [6, 6.07) is 7.10. The number of rotatable bonds is 3. The molecule has 0 spiro atoms. The molecule has 3 heteroatoms. The van der Waals surface area contributed by atoms with Crippen molar-refractivity contribution in [3.8, 4) is 5.75 Å². The summed E-state index contributed by atoms with van der Waals surface area (Å²) in [6.07, 6.45) is 1.19. The van der Waals surface area contributed by atoms with E-state index in [9.17, 15) is 0 Å². The summed E-state index contributed by atoms with van der Waals surface area (Å²) in [6.45, 7) is 8.90. The van der Waals surface area contributed by atoms with Gasteiger partial charge >= 0.3 is 0 Å². The molecule has 0 aromatic heterocycles. The summed E-state index contributed by atoms with van der Waals surface area (Å²) in [5, 5.41) is 3.42. The Balaban J connectivity index is 2.35. The number of anilines is 1. The second-order valence-electron chi connectivity index (χ2n) is 6.39. The van der Waals surface area contributed by atoms with Crippen LogP contribution in [0, 0.1) is 0 Å². The Hall–Kier alpha value is -1.22. The molecule has 19 heavy (non-hydrogen) atoms. The summed E-state index contributed by atoms with van der Waals surface area (Å²) in [5.41, 5.74) is 2.71. The van der Waals surface area contributed by atoms with Gasteiger partial charge in [-0.1, -0.05) is 26.8 Å². The fourth-order valence-corrected chi connectivity index (χ4v) is 2.60. The third kappa shape index (κ3) is 3.03. The van der Waals surface area contributed by atoms with Crippen molar-refractivity contribution in [3.63, 3.8) is 0 Å². The first-order valence-corrected chi connectivity index (χ1v) is 7.05. The molecule has 0 amide bonds. The third-order valence-corrected chi connectivity index (χ3v) is 4.01. The van der Waals surface area contributed by atoms with Crippen LogP contribution in [-0.4, -0.2) is 33.3 Å². The second-order valence-corrected chi connectivity index (χ2v) is 6.39. The highest BCUT2D eigenvalue weighted by atomic mass is 16.5. The molecule has 3 nitrogen and oxygen atoms in total. The van der Waals surface area contributed by atoms with Gasteiger partial charge in [-0.3, -0.25) is 0 Å². The zero-order chi connectivity index (χ0) is 14.0. The smallest absolute Gasteiger partial charge is 0.142 e. The zero-order valence-corrected chi connectivity index (χ0v) is 12.8. The van der Waals surface area contributed by atoms with Crippen LogP contribution in [0.5, 0.6) is 5.75 Å². The Morgan fingerprint density at radius 3 is 2.58 bits per heavy atom. The molecule has 1 aromatic rings. The first-order chi connectivity index (χ1) is 8.93. The lowest BCUT2D eigenvalue weighted by Gasteiger charge is -2.29. The van der Waals surface area contributed by atoms with Crippen LogP contribution >= 0.6 is 0 Å². The standard InChI is InChI=1S/C16H26N2O/c1-16(2,3)12-6-7-15(19-5)14(10-12)18(4)13-8-9-17-11-13/h6-7,10,13,17H,8-9,11H2,1-5H3. The van der Waals surface area contributed by atoms with Crippen LogP contribution in [0.2, 0.25) is 0 Å². The molecular weight excluding hydrogens is 236 g/mol. The predicted molar refractivity (Wildman–Crippen MR) is 81.4 cm³/mol. The van der Waals surface area contributed by atoms with Gasteiger partial charge in [0.2, 0.25) is 0 Å². The highest BCUT2D eigenvalue weighted by molar-refractivity contribution is 5.61. The van der Waals surface area contributed by atoms with Gasteiger partial charge < -0.3 is 15.0 Å². The summed E-state index contributed by atoms with van der Waals surface area (Å²) in [4.78, 5) is 2.36. The molecule has 1 heterocycles. The molecule has 1 fully saturated rings. The molecule has 0 bridgehead atoms. The van der Waals surface area contributed by atoms with E-state index in [1.807, 2.05) is 0 Å². The molecule has 1 aliphatic rings. The Morgan fingerprint density at radius 1 is 1.32 bits per heavy atom. The van der Waals surface area contributed by atoms with Crippen molar-refractivity contribution in [1.29, 1.82) is 0 Å². The maximum absolute atomic E-state index is 5.53. The number of likely N-dealkylation sites (N-methyl/N-ethyl adjacent to an activating group) is 1. The molecule has 106 valence electrons. The molecule has 1 N–H and O–H groups in total. The van der Waals surface area contributed by atoms with E-state index in [2.05, 4.69) is 56.2 Å². The number of ether oxygens (including phenoxy) is 1. The number of nitrogens with one attached hydrogen (secondary N) is 1. The molecule has 1 aromatic carbocycles. The minimum absolute atomic E-state index is 0.162. The number of hydrogen-bond acceptors (Lipinski definition) is 3. The van der Waals surface area contributed by atoms with E-state index in [-0.39, 0.29) is 5.41 Å². The van der Waals surface area contributed by atoms with Crippen LogP contribution in [0.4, 0.5) is 5.69 Å². The van der Waals surface area contributed by atoms with Crippen LogP contribution in [-0.2, 0) is 5.41 Å². The van der Waals surface area contributed by atoms with Crippen molar-refractivity contribution in [2.24, 2.45) is 0 Å². The first kappa shape index (κ1) is 14.2. The van der Waals surface area contributed by atoms with Gasteiger partial charge in [-0.25, -0.2) is 0 Å². The Morgan fingerprint density at radius 2 is 2.05 bits per heavy atom. The summed E-state index contributed by atoms with van der Waals surface area (Å²) in [5.74, 6) is 0.961. The van der Waals surface area contributed by atoms with Crippen molar-refractivity contribution < 1.29 is 4.74 Å². The highest BCUT2D eigenvalue weighted by Gasteiger charge is 2.23. The Labute approximate surface area is 116 Å². The number of hydrogen-bond donors (Lipinski definition) is 1. The van der Waals surface area contributed by atoms with Crippen molar-refractivity contribution in [3.05, 3.63) is 23.8 Å². The zero-order valence-electron chi connectivity index (χ0n) is 12.8. The molecule has 1 aliphatic heterocycles. The molecule has 0 aliphatic carbocycles. The van der Waals surface area contributed by atoms with Crippen LogP contribution in [0.25, 0.3) is 0 Å². The Kier molecular flexibility index (Phi) is 4.04. The van der Waals surface area contributed by atoms with Crippen molar-refractivity contribution in [1.82, 2.24) is 5.32 Å². The van der Waals surface area contributed by atoms with Crippen molar-refractivity contribution >= 4 is 5.69 Å². The van der Waals surface area contributed by atoms with Gasteiger partial charge in [0.25, 0.3) is 0 Å². The fraction of sp³-hybridized carbons (Fsp3) is 0.625. The van der Waals surface area contributed by atoms with E-state index < -0.39 is 0 Å². The first-order valence-electron chi connectivity index (χ1n) is 7.05. The van der Waals surface area contributed by atoms with Gasteiger partial charge in [0, 0.05) is 19.6 Å². The quantitative estimate of drug-likeness (QED) is 0.906. The van der Waals surface area contributed by atoms with Crippen molar-refractivity contribution in [2.75, 3.05) is 32.1 Å². The van der Waals surface area contributed by atoms with Crippen molar-refractivity contribution in [2.45, 2.75) is 38.6 Å². The summed E-state index contributed by atoms with van der Waals surface area (Å²) in [7, 11) is 3.91. The van der Waals surface area contributed by atoms with Gasteiger partial charge in [-0.15, -0.1) is 0 Å². The average Bonchev–Trinajstić information content (AvgIpc) is 2.90. The Bertz CT molecular complexity index is 431. The minimum Gasteiger partial charge on any atom is -0.495 e. The number of nitrogens with zero attached hydrogens (tertiary/aromatic N) is 1. The maximum Gasteiger partial charge on any atom is 0.142 e. The van der Waals surface area contributed by atoms with E-state index in [1.54, 1.807) is 7.11 Å². The SMILES string of the molecule is COc1ccc(C(C)(C)C)cc1N(C)C1CCNC1. The second kappa shape index (κ2) is 5.41. The monoisotopic (exact) mass is 262 g/mol. The van der Waals surface area contributed by atoms with Crippen LogP contribution in [0.1, 0.15) is 32.8 Å². The number of methoxy groups -OCH3 is 1. The molecule has 0 saturated carbocycles. The van der Waals surface area contributed by atoms with Gasteiger partial charge in [0.1, 0.15) is 5.75 Å². The largest absolute Gasteiger partial charge is 0.495 e. The molecule has 1 atom stereocenters. The van der Waals surface area contributed by atoms with Gasteiger partial charge in [0.05, 0.1) is 12.8 Å². The molecule has 2 rings (SSSR count). The fourth-order valence-electron chi connectivity index (χ4n) is 2.60. The van der Waals surface area contributed by atoms with E-state index in [0.717, 1.165) is 18.8 Å². The topological polar surface area (TPSA) is 24.5 Å². The van der Waals surface area contributed by atoms with Gasteiger partial charge in [-0.2, -0.15) is 0 Å². The van der Waals surface area contributed by atoms with E-state index >= 15 is 0 Å². The number of benzene rings is 1. The summed E-state index contributed by atoms with van der Waals surface area (Å²) >= 11 is 0. The third-order valence-electron chi connectivity index (χ3n) is 4.01. The molecule has 0 radical (unpaired) electrons. The summed E-state index contributed by atoms with van der Waals surface area (Å²) < 4.78 is 5.53. The van der Waals surface area contributed by atoms with E-state index in [1.165, 1.54) is 17.7 Å². The van der Waals surface area contributed by atoms with Gasteiger partial charge in [-0.05, 0) is 36.1 Å². The highest BCUT2D eigenvalue weighted by Crippen LogP contribution is 2.34. The van der Waals surface area contributed by atoms with Crippen LogP contribution in [0.15, 0.2) is 18.2 Å². The maximum atomic E-state index is 5.53. The van der Waals surface area contributed by atoms with E-state index in [4.69, 9.17) is 4.74 Å². The molecule has 1 saturated heterocycles. The molecule has 1 unspecified atom stereocenters. The normalized spacial score (nSPS) is 19.5. The lowest BCUT2D eigenvalue weighted by atomic mass is 9.86. The van der Waals surface area contributed by atoms with E-state index in [0.29, 0.717) is 6.04 Å². The van der Waals surface area contributed by atoms with Crippen LogP contribution in [0.3, 0.4) is 0 Å². The lowest BCUT2D eigenvalue weighted by molar-refractivity contribution is 0.413. The van der Waals surface area contributed by atoms with Crippen LogP contribution < -0.4 is 15.0 Å². The lowest BCUT2D eigenvalue weighted by Crippen LogP contribution is -2.33.